The van der Waals surface area contributed by atoms with E-state index in [-0.39, 0.29) is 10.5 Å². The summed E-state index contributed by atoms with van der Waals surface area (Å²) in [6.07, 6.45) is 1.17. The molecule has 112 valence electrons. The first-order valence-electron chi connectivity index (χ1n) is 6.29. The van der Waals surface area contributed by atoms with Crippen molar-refractivity contribution in [3.05, 3.63) is 52.4 Å². The number of pyridine rings is 1. The summed E-state index contributed by atoms with van der Waals surface area (Å²) < 4.78 is 27.0. The number of hydrogen-bond acceptors (Lipinski definition) is 4. The fourth-order valence-corrected chi connectivity index (χ4v) is 2.91. The standard InChI is InChI=1S/C14H17N3O3S/c1-10-8-11(17(2)3)4-6-13(10)16-21(19,20)12-5-7-14(18)15-9-12/h4-9,16H,1-3H3,(H,15,18). The lowest BCUT2D eigenvalue weighted by Crippen LogP contribution is -2.16. The molecular formula is C14H17N3O3S. The summed E-state index contributed by atoms with van der Waals surface area (Å²) in [5, 5.41) is 0. The van der Waals surface area contributed by atoms with E-state index in [1.54, 1.807) is 6.07 Å². The van der Waals surface area contributed by atoms with Gasteiger partial charge in [0.25, 0.3) is 10.0 Å². The van der Waals surface area contributed by atoms with E-state index < -0.39 is 10.0 Å². The molecule has 0 aliphatic heterocycles. The molecule has 1 aromatic heterocycles. The van der Waals surface area contributed by atoms with Crippen molar-refractivity contribution < 1.29 is 8.42 Å². The Balaban J connectivity index is 2.32. The fourth-order valence-electron chi connectivity index (χ4n) is 1.81. The summed E-state index contributed by atoms with van der Waals surface area (Å²) in [4.78, 5) is 15.3. The molecule has 0 fully saturated rings. The number of nitrogens with zero attached hydrogens (tertiary/aromatic N) is 1. The van der Waals surface area contributed by atoms with Crippen LogP contribution in [-0.2, 0) is 10.0 Å². The van der Waals surface area contributed by atoms with Crippen molar-refractivity contribution in [2.45, 2.75) is 11.8 Å². The average molecular weight is 307 g/mol. The Morgan fingerprint density at radius 3 is 2.38 bits per heavy atom. The quantitative estimate of drug-likeness (QED) is 0.898. The van der Waals surface area contributed by atoms with Gasteiger partial charge in [0.05, 0.1) is 5.69 Å². The Morgan fingerprint density at radius 2 is 1.86 bits per heavy atom. The van der Waals surface area contributed by atoms with Crippen molar-refractivity contribution in [2.75, 3.05) is 23.7 Å². The van der Waals surface area contributed by atoms with Crippen molar-refractivity contribution >= 4 is 21.4 Å². The van der Waals surface area contributed by atoms with Crippen LogP contribution < -0.4 is 15.2 Å². The number of rotatable bonds is 4. The number of nitrogens with one attached hydrogen (secondary N) is 2. The molecule has 1 aromatic carbocycles. The maximum Gasteiger partial charge on any atom is 0.263 e. The molecule has 0 amide bonds. The molecule has 2 rings (SSSR count). The second kappa shape index (κ2) is 5.61. The largest absolute Gasteiger partial charge is 0.378 e. The van der Waals surface area contributed by atoms with E-state index in [0.29, 0.717) is 5.69 Å². The lowest BCUT2D eigenvalue weighted by molar-refractivity contribution is 0.600. The number of anilines is 2. The molecule has 0 aliphatic carbocycles. The van der Waals surface area contributed by atoms with Gasteiger partial charge in [-0.15, -0.1) is 0 Å². The summed E-state index contributed by atoms with van der Waals surface area (Å²) in [5.41, 5.74) is 1.96. The molecular weight excluding hydrogens is 290 g/mol. The van der Waals surface area contributed by atoms with E-state index in [1.807, 2.05) is 38.1 Å². The number of aryl methyl sites for hydroxylation is 1. The van der Waals surface area contributed by atoms with Gasteiger partial charge in [-0.05, 0) is 36.8 Å². The lowest BCUT2D eigenvalue weighted by atomic mass is 10.2. The minimum atomic E-state index is -3.72. The van der Waals surface area contributed by atoms with Gasteiger partial charge in [0.2, 0.25) is 5.56 Å². The van der Waals surface area contributed by atoms with E-state index in [2.05, 4.69) is 9.71 Å². The van der Waals surface area contributed by atoms with Crippen molar-refractivity contribution in [2.24, 2.45) is 0 Å². The third-order valence-corrected chi connectivity index (χ3v) is 4.40. The maximum atomic E-state index is 12.2. The Kier molecular flexibility index (Phi) is 4.04. The zero-order chi connectivity index (χ0) is 15.6. The molecule has 0 spiro atoms. The van der Waals surface area contributed by atoms with E-state index in [4.69, 9.17) is 0 Å². The van der Waals surface area contributed by atoms with Crippen molar-refractivity contribution in [3.8, 4) is 0 Å². The molecule has 0 unspecified atom stereocenters. The van der Waals surface area contributed by atoms with Crippen molar-refractivity contribution in [1.29, 1.82) is 0 Å². The second-order valence-electron chi connectivity index (χ2n) is 4.89. The molecule has 21 heavy (non-hydrogen) atoms. The van der Waals surface area contributed by atoms with E-state index in [1.165, 1.54) is 18.3 Å². The molecule has 0 bridgehead atoms. The maximum absolute atomic E-state index is 12.2. The molecule has 2 N–H and O–H groups in total. The first kappa shape index (κ1) is 15.1. The van der Waals surface area contributed by atoms with Crippen LogP contribution in [0.3, 0.4) is 0 Å². The fraction of sp³-hybridized carbons (Fsp3) is 0.214. The molecule has 0 saturated carbocycles. The number of aromatic nitrogens is 1. The molecule has 7 heteroatoms. The summed E-state index contributed by atoms with van der Waals surface area (Å²) in [5.74, 6) is 0. The zero-order valence-corrected chi connectivity index (χ0v) is 12.9. The Bertz CT molecular complexity index is 790. The van der Waals surface area contributed by atoms with Gasteiger partial charge in [0.15, 0.2) is 0 Å². The molecule has 0 radical (unpaired) electrons. The zero-order valence-electron chi connectivity index (χ0n) is 12.0. The third kappa shape index (κ3) is 3.43. The SMILES string of the molecule is Cc1cc(N(C)C)ccc1NS(=O)(=O)c1ccc(=O)[nH]c1. The number of aromatic amines is 1. The summed E-state index contributed by atoms with van der Waals surface area (Å²) in [7, 11) is 0.112. The molecule has 2 aromatic rings. The first-order chi connectivity index (χ1) is 9.79. The van der Waals surface area contributed by atoms with Crippen molar-refractivity contribution in [3.63, 3.8) is 0 Å². The average Bonchev–Trinajstić information content (AvgIpc) is 2.41. The summed E-state index contributed by atoms with van der Waals surface area (Å²) >= 11 is 0. The lowest BCUT2D eigenvalue weighted by Gasteiger charge is -2.16. The van der Waals surface area contributed by atoms with Crippen LogP contribution in [0, 0.1) is 6.92 Å². The van der Waals surface area contributed by atoms with Gasteiger partial charge >= 0.3 is 0 Å². The number of hydrogen-bond donors (Lipinski definition) is 2. The number of benzene rings is 1. The summed E-state index contributed by atoms with van der Waals surface area (Å²) in [6.45, 7) is 1.83. The number of sulfonamides is 1. The molecule has 0 atom stereocenters. The second-order valence-corrected chi connectivity index (χ2v) is 6.57. The van der Waals surface area contributed by atoms with E-state index >= 15 is 0 Å². The monoisotopic (exact) mass is 307 g/mol. The van der Waals surface area contributed by atoms with E-state index in [0.717, 1.165) is 11.3 Å². The Labute approximate surface area is 123 Å². The van der Waals surface area contributed by atoms with E-state index in [9.17, 15) is 13.2 Å². The highest BCUT2D eigenvalue weighted by Crippen LogP contribution is 2.23. The Morgan fingerprint density at radius 1 is 1.14 bits per heavy atom. The van der Waals surface area contributed by atoms with Crippen molar-refractivity contribution in [1.82, 2.24) is 4.98 Å². The highest BCUT2D eigenvalue weighted by Gasteiger charge is 2.15. The number of H-pyrrole nitrogens is 1. The van der Waals surface area contributed by atoms with Gasteiger partial charge in [-0.25, -0.2) is 8.42 Å². The summed E-state index contributed by atoms with van der Waals surface area (Å²) in [6, 6.07) is 7.89. The predicted molar refractivity (Wildman–Crippen MR) is 83.4 cm³/mol. The van der Waals surface area contributed by atoms with Crippen LogP contribution in [0.5, 0.6) is 0 Å². The third-order valence-electron chi connectivity index (χ3n) is 3.04. The van der Waals surface area contributed by atoms with Crippen LogP contribution in [0.2, 0.25) is 0 Å². The topological polar surface area (TPSA) is 82.3 Å². The Hall–Kier alpha value is -2.28. The minimum Gasteiger partial charge on any atom is -0.378 e. The smallest absolute Gasteiger partial charge is 0.263 e. The van der Waals surface area contributed by atoms with Gasteiger partial charge in [0.1, 0.15) is 4.90 Å². The van der Waals surface area contributed by atoms with Crippen LogP contribution >= 0.6 is 0 Å². The van der Waals surface area contributed by atoms with Gasteiger partial charge in [-0.3, -0.25) is 9.52 Å². The van der Waals surface area contributed by atoms with Gasteiger partial charge < -0.3 is 9.88 Å². The van der Waals surface area contributed by atoms with Gasteiger partial charge in [-0.1, -0.05) is 0 Å². The highest BCUT2D eigenvalue weighted by molar-refractivity contribution is 7.92. The molecule has 1 heterocycles. The first-order valence-corrected chi connectivity index (χ1v) is 7.77. The molecule has 0 saturated heterocycles. The molecule has 0 aliphatic rings. The van der Waals surface area contributed by atoms with Crippen LogP contribution in [0.4, 0.5) is 11.4 Å². The van der Waals surface area contributed by atoms with Crippen LogP contribution in [0.25, 0.3) is 0 Å². The minimum absolute atomic E-state index is 0.0122. The van der Waals surface area contributed by atoms with Crippen LogP contribution in [0.1, 0.15) is 5.56 Å². The normalized spacial score (nSPS) is 11.2. The van der Waals surface area contributed by atoms with Crippen LogP contribution in [0.15, 0.2) is 46.2 Å². The van der Waals surface area contributed by atoms with Gasteiger partial charge in [-0.2, -0.15) is 0 Å². The molecule has 6 nitrogen and oxygen atoms in total. The predicted octanol–water partition coefficient (Wildman–Crippen LogP) is 1.55. The highest BCUT2D eigenvalue weighted by atomic mass is 32.2. The van der Waals surface area contributed by atoms with Crippen LogP contribution in [-0.4, -0.2) is 27.5 Å². The van der Waals surface area contributed by atoms with Gasteiger partial charge in [0, 0.05) is 32.0 Å².